The molecule has 3 aromatic rings. The first-order valence-corrected chi connectivity index (χ1v) is 9.77. The average Bonchev–Trinajstić information content (AvgIpc) is 3.31. The average molecular weight is 400 g/mol. The maximum atomic E-state index is 13.5. The number of benzene rings is 3. The Kier molecular flexibility index (Phi) is 4.48. The Bertz CT molecular complexity index is 1070. The maximum Gasteiger partial charge on any atom is 0.266 e. The molecule has 2 heterocycles. The Morgan fingerprint density at radius 3 is 2.03 bits per heavy atom. The molecule has 3 aromatic carbocycles. The van der Waals surface area contributed by atoms with Crippen LogP contribution in [0.5, 0.6) is 5.75 Å². The number of ether oxygens (including phenoxy) is 1. The second-order valence-electron chi connectivity index (χ2n) is 7.28. The first kappa shape index (κ1) is 18.4. The summed E-state index contributed by atoms with van der Waals surface area (Å²) in [7, 11) is 1.57. The number of methoxy groups -OCH3 is 1. The Labute approximate surface area is 174 Å². The number of carbonyl (C=O) groups excluding carboxylic acids is 2. The van der Waals surface area contributed by atoms with E-state index < -0.39 is 18.1 Å². The van der Waals surface area contributed by atoms with Crippen molar-refractivity contribution in [3.8, 4) is 5.75 Å². The fraction of sp³-hybridized carbons (Fsp3) is 0.167. The molecule has 2 fully saturated rings. The first-order chi connectivity index (χ1) is 14.7. The number of nitrogens with zero attached hydrogens (tertiary/aromatic N) is 2. The number of hydrogen-bond acceptors (Lipinski definition) is 5. The summed E-state index contributed by atoms with van der Waals surface area (Å²) in [6, 6.07) is 25.7. The van der Waals surface area contributed by atoms with Crippen molar-refractivity contribution in [1.82, 2.24) is 0 Å². The smallest absolute Gasteiger partial charge is 0.266 e. The number of rotatable bonds is 4. The molecule has 5 rings (SSSR count). The monoisotopic (exact) mass is 400 g/mol. The SMILES string of the molecule is COc1ccc(N2C(=O)[C@H]3[C@@H](c4ccccc4)N(c4ccccc4)O[C@H]3C2=O)cc1. The molecule has 150 valence electrons. The highest BCUT2D eigenvalue weighted by atomic mass is 16.7. The molecule has 6 nitrogen and oxygen atoms in total. The lowest BCUT2D eigenvalue weighted by atomic mass is 9.90. The number of hydroxylamine groups is 1. The molecular formula is C24H20N2O4. The van der Waals surface area contributed by atoms with Gasteiger partial charge in [-0.15, -0.1) is 0 Å². The van der Waals surface area contributed by atoms with Crippen LogP contribution in [0.2, 0.25) is 0 Å². The molecule has 2 saturated heterocycles. The van der Waals surface area contributed by atoms with Crippen molar-refractivity contribution in [3.05, 3.63) is 90.5 Å². The minimum atomic E-state index is -0.870. The van der Waals surface area contributed by atoms with E-state index in [4.69, 9.17) is 9.57 Å². The van der Waals surface area contributed by atoms with Crippen molar-refractivity contribution in [2.45, 2.75) is 12.1 Å². The Morgan fingerprint density at radius 1 is 0.767 bits per heavy atom. The van der Waals surface area contributed by atoms with Crippen LogP contribution in [0.3, 0.4) is 0 Å². The van der Waals surface area contributed by atoms with Crippen molar-refractivity contribution in [2.75, 3.05) is 17.1 Å². The quantitative estimate of drug-likeness (QED) is 0.625. The molecule has 30 heavy (non-hydrogen) atoms. The van der Waals surface area contributed by atoms with Crippen LogP contribution in [0.25, 0.3) is 0 Å². The van der Waals surface area contributed by atoms with E-state index in [1.807, 2.05) is 60.7 Å². The molecule has 2 aliphatic heterocycles. The molecule has 0 aromatic heterocycles. The number of carbonyl (C=O) groups is 2. The zero-order valence-electron chi connectivity index (χ0n) is 16.3. The van der Waals surface area contributed by atoms with E-state index in [0.717, 1.165) is 11.3 Å². The standard InChI is InChI=1S/C24H20N2O4/c1-29-19-14-12-17(13-15-19)25-23(27)20-21(16-8-4-2-5-9-16)26(30-22(20)24(25)28)18-10-6-3-7-11-18/h2-15,20-22H,1H3/t20-,21+,22+/m0/s1. The molecule has 0 saturated carbocycles. The van der Waals surface area contributed by atoms with Gasteiger partial charge in [0.1, 0.15) is 11.7 Å². The Hall–Kier alpha value is -3.64. The van der Waals surface area contributed by atoms with E-state index in [1.54, 1.807) is 36.4 Å². The molecule has 0 unspecified atom stereocenters. The van der Waals surface area contributed by atoms with Gasteiger partial charge < -0.3 is 4.74 Å². The molecule has 2 amide bonds. The molecule has 0 spiro atoms. The highest BCUT2D eigenvalue weighted by molar-refractivity contribution is 6.23. The second-order valence-corrected chi connectivity index (χ2v) is 7.28. The lowest BCUT2D eigenvalue weighted by Gasteiger charge is -2.28. The lowest BCUT2D eigenvalue weighted by Crippen LogP contribution is -2.37. The van der Waals surface area contributed by atoms with Crippen LogP contribution in [0.1, 0.15) is 11.6 Å². The van der Waals surface area contributed by atoms with Crippen molar-refractivity contribution in [1.29, 1.82) is 0 Å². The number of imide groups is 1. The summed E-state index contributed by atoms with van der Waals surface area (Å²) >= 11 is 0. The molecule has 0 bridgehead atoms. The third-order valence-electron chi connectivity index (χ3n) is 5.60. The van der Waals surface area contributed by atoms with Crippen molar-refractivity contribution in [3.63, 3.8) is 0 Å². The fourth-order valence-corrected chi connectivity index (χ4v) is 4.19. The summed E-state index contributed by atoms with van der Waals surface area (Å²) < 4.78 is 5.18. The molecule has 3 atom stereocenters. The van der Waals surface area contributed by atoms with E-state index in [-0.39, 0.29) is 11.8 Å². The van der Waals surface area contributed by atoms with Crippen LogP contribution in [0.4, 0.5) is 11.4 Å². The van der Waals surface area contributed by atoms with Gasteiger partial charge in [0.25, 0.3) is 5.91 Å². The van der Waals surface area contributed by atoms with E-state index in [1.165, 1.54) is 4.90 Å². The van der Waals surface area contributed by atoms with Gasteiger partial charge in [-0.1, -0.05) is 48.5 Å². The predicted molar refractivity (Wildman–Crippen MR) is 112 cm³/mol. The maximum absolute atomic E-state index is 13.5. The van der Waals surface area contributed by atoms with Crippen LogP contribution < -0.4 is 14.7 Å². The third kappa shape index (κ3) is 2.84. The van der Waals surface area contributed by atoms with Crippen molar-refractivity contribution in [2.24, 2.45) is 5.92 Å². The molecule has 2 aliphatic rings. The molecule has 0 radical (unpaired) electrons. The predicted octanol–water partition coefficient (Wildman–Crippen LogP) is 3.75. The van der Waals surface area contributed by atoms with Gasteiger partial charge in [0.2, 0.25) is 5.91 Å². The summed E-state index contributed by atoms with van der Waals surface area (Å²) in [5.41, 5.74) is 2.24. The Morgan fingerprint density at radius 2 is 1.40 bits per heavy atom. The van der Waals surface area contributed by atoms with Crippen LogP contribution in [-0.4, -0.2) is 25.0 Å². The summed E-state index contributed by atoms with van der Waals surface area (Å²) in [4.78, 5) is 34.1. The van der Waals surface area contributed by atoms with E-state index >= 15 is 0 Å². The summed E-state index contributed by atoms with van der Waals surface area (Å²) in [6.07, 6.45) is -0.870. The van der Waals surface area contributed by atoms with Crippen LogP contribution in [-0.2, 0) is 14.4 Å². The van der Waals surface area contributed by atoms with Crippen molar-refractivity contribution < 1.29 is 19.2 Å². The summed E-state index contributed by atoms with van der Waals surface area (Å²) in [5, 5.41) is 1.70. The lowest BCUT2D eigenvalue weighted by molar-refractivity contribution is -0.126. The number of para-hydroxylation sites is 1. The van der Waals surface area contributed by atoms with Gasteiger partial charge in [0, 0.05) is 0 Å². The van der Waals surface area contributed by atoms with Crippen LogP contribution >= 0.6 is 0 Å². The van der Waals surface area contributed by atoms with Gasteiger partial charge >= 0.3 is 0 Å². The van der Waals surface area contributed by atoms with Gasteiger partial charge in [-0.3, -0.25) is 14.4 Å². The number of anilines is 2. The van der Waals surface area contributed by atoms with Crippen molar-refractivity contribution >= 4 is 23.2 Å². The topological polar surface area (TPSA) is 59.1 Å². The fourth-order valence-electron chi connectivity index (χ4n) is 4.19. The number of hydrogen-bond donors (Lipinski definition) is 0. The zero-order chi connectivity index (χ0) is 20.7. The highest BCUT2D eigenvalue weighted by Gasteiger charge is 2.60. The van der Waals surface area contributed by atoms with Gasteiger partial charge in [-0.2, -0.15) is 0 Å². The van der Waals surface area contributed by atoms with Crippen LogP contribution in [0, 0.1) is 5.92 Å². The minimum Gasteiger partial charge on any atom is -0.497 e. The second kappa shape index (κ2) is 7.31. The van der Waals surface area contributed by atoms with Gasteiger partial charge in [-0.25, -0.2) is 9.96 Å². The highest BCUT2D eigenvalue weighted by Crippen LogP contribution is 2.47. The molecule has 0 aliphatic carbocycles. The summed E-state index contributed by atoms with van der Waals surface area (Å²) in [5.74, 6) is -0.592. The number of amides is 2. The normalized spacial score (nSPS) is 23.0. The van der Waals surface area contributed by atoms with E-state index in [9.17, 15) is 9.59 Å². The van der Waals surface area contributed by atoms with Crippen LogP contribution in [0.15, 0.2) is 84.9 Å². The zero-order valence-corrected chi connectivity index (χ0v) is 16.3. The summed E-state index contributed by atoms with van der Waals surface area (Å²) in [6.45, 7) is 0. The minimum absolute atomic E-state index is 0.262. The molecular weight excluding hydrogens is 380 g/mol. The van der Waals surface area contributed by atoms with E-state index in [2.05, 4.69) is 0 Å². The first-order valence-electron chi connectivity index (χ1n) is 9.77. The van der Waals surface area contributed by atoms with Gasteiger partial charge in [-0.05, 0) is 42.0 Å². The third-order valence-corrected chi connectivity index (χ3v) is 5.60. The largest absolute Gasteiger partial charge is 0.497 e. The number of fused-ring (bicyclic) bond motifs is 1. The van der Waals surface area contributed by atoms with Gasteiger partial charge in [0.05, 0.1) is 24.5 Å². The molecule has 0 N–H and O–H groups in total. The van der Waals surface area contributed by atoms with Gasteiger partial charge in [0.15, 0.2) is 6.10 Å². The Balaban J connectivity index is 1.55. The molecule has 6 heteroatoms. The van der Waals surface area contributed by atoms with E-state index in [0.29, 0.717) is 11.4 Å².